The Morgan fingerprint density at radius 2 is 1.08 bits per heavy atom. The van der Waals surface area contributed by atoms with Crippen molar-refractivity contribution in [2.75, 3.05) is 130 Å². The lowest BCUT2D eigenvalue weighted by atomic mass is 9.75. The predicted molar refractivity (Wildman–Crippen MR) is 331 cm³/mol. The van der Waals surface area contributed by atoms with Crippen molar-refractivity contribution in [3.63, 3.8) is 0 Å². The molecule has 4 aliphatic heterocycles. The number of carbonyl (C=O) groups is 7. The Kier molecular flexibility index (Phi) is 22.8. The van der Waals surface area contributed by atoms with Crippen LogP contribution in [0.3, 0.4) is 0 Å². The second-order valence-electron chi connectivity index (χ2n) is 21.9. The molecule has 6 aliphatic rings. The number of fused-ring (bicyclic) bond motifs is 4. The van der Waals surface area contributed by atoms with Crippen LogP contribution < -0.4 is 26.6 Å². The number of carbonyl (C=O) groups excluding carboxylic acids is 7. The molecule has 0 atom stereocenters. The SMILES string of the molecule is COCCOCC(=O)N1CCC2=C(C3=C4NCCC4=C(c4c(O)c(O)c(-c5c(O)c(O)c(C)c6c5NCC6)c5c4N(C(=O)COCCOC)CC5)C(=O)C3=O)C(=O)C(=O)C(C)=C21.COCCOCC(=O)NCCc1ccc(O)c(O)c1.NCCc1ccc(O)c(O)c1. The number of phenolic OH excluding ortho intramolecular Hbond substituents is 8. The van der Waals surface area contributed by atoms with Crippen LogP contribution in [-0.4, -0.2) is 207 Å². The number of phenols is 8. The molecule has 0 unspecified atom stereocenters. The van der Waals surface area contributed by atoms with Crippen LogP contribution in [0.25, 0.3) is 16.7 Å². The summed E-state index contributed by atoms with van der Waals surface area (Å²) in [5.74, 6) is -8.78. The van der Waals surface area contributed by atoms with Gasteiger partial charge in [0.15, 0.2) is 46.0 Å². The third-order valence-electron chi connectivity index (χ3n) is 16.2. The number of nitrogens with one attached hydrogen (secondary N) is 3. The van der Waals surface area contributed by atoms with Gasteiger partial charge >= 0.3 is 0 Å². The summed E-state index contributed by atoms with van der Waals surface area (Å²) in [5.41, 5.74) is 8.00. The number of likely N-dealkylation sites (tertiary alicyclic amines) is 1. The average molecular weight is 1280 g/mol. The van der Waals surface area contributed by atoms with Crippen molar-refractivity contribution in [2.45, 2.75) is 52.4 Å². The smallest absolute Gasteiger partial charge is 0.253 e. The zero-order chi connectivity index (χ0) is 66.7. The molecule has 92 heavy (non-hydrogen) atoms. The highest BCUT2D eigenvalue weighted by molar-refractivity contribution is 6.63. The predicted octanol–water partition coefficient (Wildman–Crippen LogP) is 2.79. The minimum absolute atomic E-state index is 0.00415. The lowest BCUT2D eigenvalue weighted by Crippen LogP contribution is -2.37. The van der Waals surface area contributed by atoms with Crippen LogP contribution in [0.2, 0.25) is 0 Å². The molecule has 13 N–H and O–H groups in total. The highest BCUT2D eigenvalue weighted by atomic mass is 16.5. The van der Waals surface area contributed by atoms with Crippen LogP contribution >= 0.6 is 0 Å². The molecule has 0 spiro atoms. The van der Waals surface area contributed by atoms with E-state index in [2.05, 4.69) is 16.0 Å². The molecule has 0 radical (unpaired) electrons. The highest BCUT2D eigenvalue weighted by Gasteiger charge is 2.49. The fourth-order valence-electron chi connectivity index (χ4n) is 11.8. The summed E-state index contributed by atoms with van der Waals surface area (Å²) in [5, 5.41) is 92.2. The summed E-state index contributed by atoms with van der Waals surface area (Å²) < 4.78 is 30.9. The number of methoxy groups -OCH3 is 3. The quantitative estimate of drug-likeness (QED) is 0.0167. The fourth-order valence-corrected chi connectivity index (χ4v) is 11.8. The van der Waals surface area contributed by atoms with E-state index >= 15 is 0 Å². The minimum Gasteiger partial charge on any atom is -0.504 e. The number of nitrogens with zero attached hydrogens (tertiary/aromatic N) is 2. The molecule has 4 aromatic rings. The van der Waals surface area contributed by atoms with E-state index in [0.717, 1.165) is 11.1 Å². The van der Waals surface area contributed by atoms with Crippen molar-refractivity contribution in [2.24, 2.45) is 5.73 Å². The molecular formula is C65H76N6O21. The van der Waals surface area contributed by atoms with Crippen LogP contribution in [0, 0.1) is 6.92 Å². The van der Waals surface area contributed by atoms with E-state index in [9.17, 15) is 59.1 Å². The molecule has 0 aromatic heterocycles. The Morgan fingerprint density at radius 3 is 1.67 bits per heavy atom. The number of allylic oxidation sites excluding steroid dienone is 6. The van der Waals surface area contributed by atoms with Gasteiger partial charge in [-0.1, -0.05) is 12.1 Å². The first-order valence-electron chi connectivity index (χ1n) is 29.7. The highest BCUT2D eigenvalue weighted by Crippen LogP contribution is 2.60. The molecule has 2 fully saturated rings. The second kappa shape index (κ2) is 30.6. The van der Waals surface area contributed by atoms with Gasteiger partial charge in [-0.3, -0.25) is 33.6 Å². The fraction of sp³-hybridized carbons (Fsp3) is 0.400. The first-order valence-corrected chi connectivity index (χ1v) is 29.7. The van der Waals surface area contributed by atoms with Crippen molar-refractivity contribution in [3.8, 4) is 57.1 Å². The van der Waals surface area contributed by atoms with Crippen LogP contribution in [-0.2, 0) is 87.7 Å². The van der Waals surface area contributed by atoms with Crippen LogP contribution in [0.5, 0.6) is 46.0 Å². The first-order chi connectivity index (χ1) is 44.1. The molecule has 3 amide bonds. The third kappa shape index (κ3) is 14.2. The molecule has 2 saturated heterocycles. The maximum atomic E-state index is 14.8. The van der Waals surface area contributed by atoms with Crippen molar-refractivity contribution in [3.05, 3.63) is 109 Å². The normalized spacial score (nSPS) is 15.6. The number of hydrogen-bond acceptors (Lipinski definition) is 24. The summed E-state index contributed by atoms with van der Waals surface area (Å²) in [6, 6.07) is 9.29. The van der Waals surface area contributed by atoms with Gasteiger partial charge in [0.2, 0.25) is 29.0 Å². The average Bonchev–Trinajstić information content (AvgIpc) is 1.30. The lowest BCUT2D eigenvalue weighted by Gasteiger charge is -2.29. The van der Waals surface area contributed by atoms with Crippen LogP contribution in [0.1, 0.15) is 53.1 Å². The number of amides is 3. The van der Waals surface area contributed by atoms with Gasteiger partial charge in [0.05, 0.1) is 73.4 Å². The third-order valence-corrected chi connectivity index (χ3v) is 16.2. The van der Waals surface area contributed by atoms with E-state index < -0.39 is 64.6 Å². The summed E-state index contributed by atoms with van der Waals surface area (Å²) in [4.78, 5) is 98.5. The molecule has 492 valence electrons. The summed E-state index contributed by atoms with van der Waals surface area (Å²) in [7, 11) is 4.52. The Labute approximate surface area is 528 Å². The second-order valence-corrected chi connectivity index (χ2v) is 21.9. The van der Waals surface area contributed by atoms with Gasteiger partial charge in [-0.15, -0.1) is 0 Å². The lowest BCUT2D eigenvalue weighted by molar-refractivity contribution is -0.134. The van der Waals surface area contributed by atoms with E-state index in [0.29, 0.717) is 68.9 Å². The molecule has 10 rings (SSSR count). The Balaban J connectivity index is 0.000000297. The molecular weight excluding hydrogens is 1200 g/mol. The standard InChI is InChI=1S/C44H46N4O14.C13H19NO5.C8H11NO2/c1-19-21-5-9-45-33(21)30(42(56)37(19)51)29-24-8-12-48(26(50)18-62-16-14-60-4)36(24)32(44(58)41(29)55)27-22-6-10-46-34(22)31(43(57)40(27)54)28-23-7-11-47(25(49)17-61-15-13-59-3)35(23)20(2)38(52)39(28)53;1-18-6-7-19-9-13(17)14-5-4-10-2-3-11(15)12(16)8-10;9-4-3-6-1-2-7(10)8(11)5-6/h45-46,51,55-56,58H,5-18H2,1-4H3;2-3,8,15-16H,4-7,9H2,1H3,(H,14,17);1-2,5,10-11H,3-4,9H2. The van der Waals surface area contributed by atoms with E-state index in [1.165, 1.54) is 55.2 Å². The zero-order valence-electron chi connectivity index (χ0n) is 51.7. The van der Waals surface area contributed by atoms with Gasteiger partial charge < -0.3 is 101 Å². The van der Waals surface area contributed by atoms with Crippen molar-refractivity contribution in [1.82, 2.24) is 15.5 Å². The van der Waals surface area contributed by atoms with Gasteiger partial charge in [0.25, 0.3) is 11.8 Å². The number of ether oxygens (including phenoxy) is 6. The van der Waals surface area contributed by atoms with Gasteiger partial charge in [-0.25, -0.2) is 0 Å². The summed E-state index contributed by atoms with van der Waals surface area (Å²) >= 11 is 0. The number of Topliss-reactive ketones (excluding diaryl/α,β-unsaturated/α-hetero) is 4. The maximum absolute atomic E-state index is 14.8. The largest absolute Gasteiger partial charge is 0.504 e. The Morgan fingerprint density at radius 1 is 0.543 bits per heavy atom. The molecule has 0 bridgehead atoms. The molecule has 4 aromatic carbocycles. The minimum atomic E-state index is -1.19. The molecule has 27 nitrogen and oxygen atoms in total. The number of anilines is 2. The van der Waals surface area contributed by atoms with E-state index in [1.807, 2.05) is 0 Å². The van der Waals surface area contributed by atoms with Gasteiger partial charge in [0.1, 0.15) is 19.8 Å². The van der Waals surface area contributed by atoms with Crippen molar-refractivity contribution in [1.29, 1.82) is 0 Å². The number of benzene rings is 4. The topological polar surface area (TPSA) is 405 Å². The molecule has 4 heterocycles. The number of ketones is 4. The Hall–Kier alpha value is -9.35. The number of rotatable bonds is 23. The van der Waals surface area contributed by atoms with Gasteiger partial charge in [-0.2, -0.15) is 0 Å². The first kappa shape index (κ1) is 68.6. The zero-order valence-corrected chi connectivity index (χ0v) is 51.7. The summed E-state index contributed by atoms with van der Waals surface area (Å²) in [6.45, 7) is 5.42. The van der Waals surface area contributed by atoms with Gasteiger partial charge in [0, 0.05) is 82.0 Å². The molecule has 0 saturated carbocycles. The molecule has 27 heteroatoms. The van der Waals surface area contributed by atoms with Crippen LogP contribution in [0.4, 0.5) is 11.4 Å². The van der Waals surface area contributed by atoms with Crippen molar-refractivity contribution < 1.29 is 103 Å². The van der Waals surface area contributed by atoms with Crippen molar-refractivity contribution >= 4 is 57.8 Å². The monoisotopic (exact) mass is 1280 g/mol. The van der Waals surface area contributed by atoms with Crippen LogP contribution in [0.15, 0.2) is 75.7 Å². The van der Waals surface area contributed by atoms with E-state index in [4.69, 9.17) is 49.5 Å². The van der Waals surface area contributed by atoms with E-state index in [-0.39, 0.29) is 180 Å². The number of aromatic hydroxyl groups is 8. The molecule has 2 aliphatic carbocycles. The van der Waals surface area contributed by atoms with Gasteiger partial charge in [-0.05, 0) is 122 Å². The van der Waals surface area contributed by atoms with E-state index in [1.54, 1.807) is 26.2 Å². The number of nitrogens with two attached hydrogens (primary N) is 1. The number of hydrogen-bond donors (Lipinski definition) is 12. The summed E-state index contributed by atoms with van der Waals surface area (Å²) in [6.07, 6.45) is 1.98. The Bertz CT molecular complexity index is 3740. The maximum Gasteiger partial charge on any atom is 0.253 e.